The second kappa shape index (κ2) is 5.83. The van der Waals surface area contributed by atoms with Gasteiger partial charge in [0.15, 0.2) is 5.58 Å². The summed E-state index contributed by atoms with van der Waals surface area (Å²) in [5, 5.41) is 7.79. The maximum Gasteiger partial charge on any atom is 0.226 e. The summed E-state index contributed by atoms with van der Waals surface area (Å²) in [6, 6.07) is 11.3. The Labute approximate surface area is 121 Å². The van der Waals surface area contributed by atoms with Gasteiger partial charge in [-0.05, 0) is 31.2 Å². The van der Waals surface area contributed by atoms with Crippen LogP contribution in [-0.4, -0.2) is 17.1 Å². The molecule has 2 heterocycles. The number of furan rings is 1. The number of carbonyl (C=O) groups excluding carboxylic acids is 1. The summed E-state index contributed by atoms with van der Waals surface area (Å²) in [5.74, 6) is 0.780. The summed E-state index contributed by atoms with van der Waals surface area (Å²) >= 11 is 0. The van der Waals surface area contributed by atoms with E-state index in [0.717, 1.165) is 11.1 Å². The number of hydrogen-bond donors (Lipinski definition) is 1. The van der Waals surface area contributed by atoms with Crippen molar-refractivity contribution in [3.8, 4) is 0 Å². The van der Waals surface area contributed by atoms with Crippen molar-refractivity contribution in [1.29, 1.82) is 0 Å². The van der Waals surface area contributed by atoms with Crippen LogP contribution in [0.2, 0.25) is 0 Å². The number of nitrogens with one attached hydrogen (secondary N) is 1. The second-order valence-electron chi connectivity index (χ2n) is 5.05. The molecule has 1 aromatic carbocycles. The Morgan fingerprint density at radius 3 is 2.95 bits per heavy atom. The van der Waals surface area contributed by atoms with Gasteiger partial charge in [0.25, 0.3) is 0 Å². The minimum absolute atomic E-state index is 0.00168. The number of hydrogen-bond acceptors (Lipinski definition) is 4. The summed E-state index contributed by atoms with van der Waals surface area (Å²) in [6.45, 7) is 1.95. The van der Waals surface area contributed by atoms with Crippen LogP contribution in [0.5, 0.6) is 0 Å². The molecule has 0 aliphatic carbocycles. The number of para-hydroxylation sites is 1. The van der Waals surface area contributed by atoms with E-state index < -0.39 is 0 Å². The average Bonchev–Trinajstić information content (AvgIpc) is 3.09. The van der Waals surface area contributed by atoms with E-state index in [9.17, 15) is 4.79 Å². The van der Waals surface area contributed by atoms with Crippen molar-refractivity contribution in [1.82, 2.24) is 10.5 Å². The van der Waals surface area contributed by atoms with E-state index in [0.29, 0.717) is 17.7 Å². The molecule has 2 aromatic heterocycles. The molecule has 21 heavy (non-hydrogen) atoms. The Kier molecular flexibility index (Phi) is 3.73. The zero-order chi connectivity index (χ0) is 14.7. The van der Waals surface area contributed by atoms with Crippen LogP contribution in [0.15, 0.2) is 51.6 Å². The molecule has 0 spiro atoms. The van der Waals surface area contributed by atoms with Crippen LogP contribution >= 0.6 is 0 Å². The molecule has 5 nitrogen and oxygen atoms in total. The predicted molar refractivity (Wildman–Crippen MR) is 77.7 cm³/mol. The summed E-state index contributed by atoms with van der Waals surface area (Å²) in [7, 11) is 0. The maximum absolute atomic E-state index is 12.1. The third-order valence-electron chi connectivity index (χ3n) is 3.28. The van der Waals surface area contributed by atoms with E-state index >= 15 is 0 Å². The van der Waals surface area contributed by atoms with E-state index in [1.54, 1.807) is 6.26 Å². The Balaban J connectivity index is 1.61. The summed E-state index contributed by atoms with van der Waals surface area (Å²) in [4.78, 5) is 12.1. The number of aromatic nitrogens is 1. The molecular weight excluding hydrogens is 268 g/mol. The largest absolute Gasteiger partial charge is 0.469 e. The molecule has 1 amide bonds. The van der Waals surface area contributed by atoms with Gasteiger partial charge in [-0.1, -0.05) is 17.3 Å². The average molecular weight is 284 g/mol. The van der Waals surface area contributed by atoms with E-state index in [1.165, 1.54) is 0 Å². The molecule has 1 N–H and O–H groups in total. The molecule has 0 radical (unpaired) electrons. The van der Waals surface area contributed by atoms with Crippen molar-refractivity contribution in [2.75, 3.05) is 0 Å². The molecule has 5 heteroatoms. The standard InChI is InChI=1S/C16H16N2O3/c1-11(9-12-5-4-8-20-12)17-16(19)10-14-13-6-2-3-7-15(13)21-18-14/h2-8,11H,9-10H2,1H3,(H,17,19)/t11-/m1/s1. The first kappa shape index (κ1) is 13.4. The lowest BCUT2D eigenvalue weighted by Crippen LogP contribution is -2.35. The summed E-state index contributed by atoms with van der Waals surface area (Å²) in [6.07, 6.45) is 2.50. The van der Waals surface area contributed by atoms with Gasteiger partial charge in [-0.2, -0.15) is 0 Å². The number of nitrogens with zero attached hydrogens (tertiary/aromatic N) is 1. The first-order valence-electron chi connectivity index (χ1n) is 6.87. The van der Waals surface area contributed by atoms with Gasteiger partial charge in [-0.3, -0.25) is 4.79 Å². The van der Waals surface area contributed by atoms with Crippen LogP contribution in [0, 0.1) is 0 Å². The SMILES string of the molecule is C[C@H](Cc1ccco1)NC(=O)Cc1noc2ccccc12. The van der Waals surface area contributed by atoms with Crippen LogP contribution in [0.25, 0.3) is 11.0 Å². The molecular formula is C16H16N2O3. The lowest BCUT2D eigenvalue weighted by Gasteiger charge is -2.11. The van der Waals surface area contributed by atoms with Crippen LogP contribution < -0.4 is 5.32 Å². The fourth-order valence-corrected chi connectivity index (χ4v) is 2.33. The highest BCUT2D eigenvalue weighted by Crippen LogP contribution is 2.18. The van der Waals surface area contributed by atoms with Crippen LogP contribution in [0.4, 0.5) is 0 Å². The first-order valence-corrected chi connectivity index (χ1v) is 6.87. The number of benzene rings is 1. The van der Waals surface area contributed by atoms with Crippen LogP contribution in [0.1, 0.15) is 18.4 Å². The van der Waals surface area contributed by atoms with Crippen molar-refractivity contribution in [2.24, 2.45) is 0 Å². The van der Waals surface area contributed by atoms with Gasteiger partial charge in [0.1, 0.15) is 11.5 Å². The normalized spacial score (nSPS) is 12.4. The molecule has 3 aromatic rings. The zero-order valence-electron chi connectivity index (χ0n) is 11.7. The molecule has 0 aliphatic rings. The summed E-state index contributed by atoms with van der Waals surface area (Å²) in [5.41, 5.74) is 1.36. The minimum atomic E-state index is -0.0758. The van der Waals surface area contributed by atoms with Crippen LogP contribution in [0.3, 0.4) is 0 Å². The molecule has 0 aliphatic heterocycles. The molecule has 0 unspecified atom stereocenters. The second-order valence-corrected chi connectivity index (χ2v) is 5.05. The molecule has 3 rings (SSSR count). The smallest absolute Gasteiger partial charge is 0.226 e. The molecule has 1 atom stereocenters. The molecule has 0 saturated heterocycles. The van der Waals surface area contributed by atoms with Gasteiger partial charge < -0.3 is 14.3 Å². The van der Waals surface area contributed by atoms with Gasteiger partial charge in [0.05, 0.1) is 12.7 Å². The van der Waals surface area contributed by atoms with Gasteiger partial charge >= 0.3 is 0 Å². The lowest BCUT2D eigenvalue weighted by molar-refractivity contribution is -0.121. The monoisotopic (exact) mass is 284 g/mol. The first-order chi connectivity index (χ1) is 10.2. The number of rotatable bonds is 5. The fourth-order valence-electron chi connectivity index (χ4n) is 2.33. The molecule has 0 saturated carbocycles. The van der Waals surface area contributed by atoms with Gasteiger partial charge in [0.2, 0.25) is 5.91 Å². The highest BCUT2D eigenvalue weighted by Gasteiger charge is 2.14. The molecule has 108 valence electrons. The van der Waals surface area contributed by atoms with Crippen molar-refractivity contribution in [3.05, 3.63) is 54.1 Å². The molecule has 0 bridgehead atoms. The van der Waals surface area contributed by atoms with Gasteiger partial charge in [0, 0.05) is 17.8 Å². The Hall–Kier alpha value is -2.56. The van der Waals surface area contributed by atoms with E-state index in [-0.39, 0.29) is 18.4 Å². The topological polar surface area (TPSA) is 68.3 Å². The van der Waals surface area contributed by atoms with Crippen molar-refractivity contribution in [3.63, 3.8) is 0 Å². The van der Waals surface area contributed by atoms with Gasteiger partial charge in [-0.25, -0.2) is 0 Å². The Morgan fingerprint density at radius 1 is 1.29 bits per heavy atom. The highest BCUT2D eigenvalue weighted by molar-refractivity contribution is 5.86. The number of fused-ring (bicyclic) bond motifs is 1. The predicted octanol–water partition coefficient (Wildman–Crippen LogP) is 2.71. The van der Waals surface area contributed by atoms with E-state index in [4.69, 9.17) is 8.94 Å². The zero-order valence-corrected chi connectivity index (χ0v) is 11.7. The fraction of sp³-hybridized carbons (Fsp3) is 0.250. The Bertz CT molecular complexity index is 731. The van der Waals surface area contributed by atoms with Crippen LogP contribution in [-0.2, 0) is 17.6 Å². The number of carbonyl (C=O) groups is 1. The molecule has 0 fully saturated rings. The third kappa shape index (κ3) is 3.13. The van der Waals surface area contributed by atoms with Gasteiger partial charge in [-0.15, -0.1) is 0 Å². The summed E-state index contributed by atoms with van der Waals surface area (Å²) < 4.78 is 10.5. The third-order valence-corrected chi connectivity index (χ3v) is 3.28. The maximum atomic E-state index is 12.1. The van der Waals surface area contributed by atoms with Crippen molar-refractivity contribution in [2.45, 2.75) is 25.8 Å². The quantitative estimate of drug-likeness (QED) is 0.782. The van der Waals surface area contributed by atoms with E-state index in [2.05, 4.69) is 10.5 Å². The van der Waals surface area contributed by atoms with Crippen molar-refractivity contribution < 1.29 is 13.7 Å². The highest BCUT2D eigenvalue weighted by atomic mass is 16.5. The number of amides is 1. The van der Waals surface area contributed by atoms with Crippen molar-refractivity contribution >= 4 is 16.9 Å². The lowest BCUT2D eigenvalue weighted by atomic mass is 10.1. The minimum Gasteiger partial charge on any atom is -0.469 e. The van der Waals surface area contributed by atoms with E-state index in [1.807, 2.05) is 43.3 Å². The Morgan fingerprint density at radius 2 is 2.14 bits per heavy atom.